The van der Waals surface area contributed by atoms with E-state index in [1.54, 1.807) is 0 Å². The molecule has 0 saturated heterocycles. The Kier molecular flexibility index (Phi) is 32.7. The van der Waals surface area contributed by atoms with E-state index in [1.165, 1.54) is 23.5 Å². The highest BCUT2D eigenvalue weighted by Gasteiger charge is 2.36. The van der Waals surface area contributed by atoms with E-state index in [4.69, 9.17) is 18.5 Å². The number of carbonyl (C=O) groups excluding carboxylic acids is 2. The fraction of sp³-hybridized carbons (Fsp3) is 0.911. The zero-order chi connectivity index (χ0) is 47.1. The van der Waals surface area contributed by atoms with Gasteiger partial charge in [0.05, 0.1) is 31.7 Å². The summed E-state index contributed by atoms with van der Waals surface area (Å²) < 4.78 is 35.1. The molecule has 1 N–H and O–H groups in total. The van der Waals surface area contributed by atoms with Crippen molar-refractivity contribution in [3.63, 3.8) is 0 Å². The van der Waals surface area contributed by atoms with Gasteiger partial charge in [-0.1, -0.05) is 23.5 Å². The average Bonchev–Trinajstić information content (AvgIpc) is 3.12. The lowest BCUT2D eigenvalue weighted by atomic mass is 10.2. The number of rotatable bonds is 34. The Balaban J connectivity index is 5.32. The SMILES string of the molecule is C/C(NCC(C)N(C(C)C)P(OCCOCSC(=O)CCN(C(C)C)C(C)C)N(C(C)C)C(C)C)=C(/C)C(=O)SCOCCCOP(N(C(C)C)C(C)C)N(C(C)C)C(C)C. The summed E-state index contributed by atoms with van der Waals surface area (Å²) in [4.78, 5) is 28.1. The van der Waals surface area contributed by atoms with Crippen molar-refractivity contribution in [2.24, 2.45) is 0 Å². The van der Waals surface area contributed by atoms with Crippen molar-refractivity contribution in [3.05, 3.63) is 11.3 Å². The molecule has 0 bridgehead atoms. The third-order valence-corrected chi connectivity index (χ3v) is 17.7. The van der Waals surface area contributed by atoms with Crippen LogP contribution in [-0.2, 0) is 28.1 Å². The highest BCUT2D eigenvalue weighted by Crippen LogP contribution is 2.52. The van der Waals surface area contributed by atoms with E-state index in [0.29, 0.717) is 93.1 Å². The number of nitrogens with one attached hydrogen (secondary N) is 1. The molecule has 0 aromatic heterocycles. The molecular formula is C45H94N6O6P2S2. The molecule has 0 aliphatic rings. The van der Waals surface area contributed by atoms with Gasteiger partial charge in [-0.15, -0.1) is 0 Å². The molecule has 0 spiro atoms. The number of hydrogen-bond donors (Lipinski definition) is 1. The largest absolute Gasteiger partial charge is 0.387 e. The van der Waals surface area contributed by atoms with Gasteiger partial charge >= 0.3 is 0 Å². The molecule has 16 heteroatoms. The van der Waals surface area contributed by atoms with Gasteiger partial charge in [-0.2, -0.15) is 0 Å². The first-order valence-corrected chi connectivity index (χ1v) is 27.3. The summed E-state index contributed by atoms with van der Waals surface area (Å²) in [5, 5.41) is 3.73. The minimum Gasteiger partial charge on any atom is -0.387 e. The molecule has 12 nitrogen and oxygen atoms in total. The van der Waals surface area contributed by atoms with Crippen LogP contribution in [0.2, 0.25) is 0 Å². The van der Waals surface area contributed by atoms with E-state index >= 15 is 0 Å². The Labute approximate surface area is 387 Å². The summed E-state index contributed by atoms with van der Waals surface area (Å²) in [6.07, 6.45) is 1.28. The molecule has 0 aromatic carbocycles. The second-order valence-electron chi connectivity index (χ2n) is 18.4. The van der Waals surface area contributed by atoms with Gasteiger partial charge in [-0.3, -0.25) is 14.5 Å². The van der Waals surface area contributed by atoms with Crippen LogP contribution in [0.5, 0.6) is 0 Å². The molecule has 0 aliphatic heterocycles. The van der Waals surface area contributed by atoms with Gasteiger partial charge in [-0.25, -0.2) is 18.7 Å². The molecule has 0 amide bonds. The summed E-state index contributed by atoms with van der Waals surface area (Å²) >= 11 is 2.45. The predicted molar refractivity (Wildman–Crippen MR) is 268 cm³/mol. The van der Waals surface area contributed by atoms with E-state index in [2.05, 4.69) is 160 Å². The van der Waals surface area contributed by atoms with Gasteiger partial charge in [0.1, 0.15) is 0 Å². The van der Waals surface area contributed by atoms with Crippen LogP contribution in [-0.4, -0.2) is 146 Å². The van der Waals surface area contributed by atoms with E-state index < -0.39 is 16.9 Å². The maximum Gasteiger partial charge on any atom is 0.218 e. The van der Waals surface area contributed by atoms with Gasteiger partial charge in [0.25, 0.3) is 0 Å². The molecule has 0 aromatic rings. The average molecular weight is 941 g/mol. The first-order chi connectivity index (χ1) is 28.4. The Bertz CT molecular complexity index is 1180. The molecule has 0 saturated carbocycles. The van der Waals surface area contributed by atoms with Crippen molar-refractivity contribution in [2.45, 2.75) is 219 Å². The number of ether oxygens (including phenoxy) is 2. The lowest BCUT2D eigenvalue weighted by Crippen LogP contribution is -2.47. The van der Waals surface area contributed by atoms with Crippen molar-refractivity contribution < 1.29 is 28.1 Å². The fourth-order valence-electron chi connectivity index (χ4n) is 7.35. The lowest BCUT2D eigenvalue weighted by molar-refractivity contribution is -0.111. The highest BCUT2D eigenvalue weighted by atomic mass is 32.2. The summed E-state index contributed by atoms with van der Waals surface area (Å²) in [5.74, 6) is 0.631. The van der Waals surface area contributed by atoms with Gasteiger partial charge in [0.15, 0.2) is 22.0 Å². The van der Waals surface area contributed by atoms with Crippen LogP contribution in [0.25, 0.3) is 0 Å². The number of hydrogen-bond acceptors (Lipinski definition) is 14. The predicted octanol–water partition coefficient (Wildman–Crippen LogP) is 11.2. The van der Waals surface area contributed by atoms with Crippen molar-refractivity contribution >= 4 is 50.7 Å². The van der Waals surface area contributed by atoms with Gasteiger partial charge < -0.3 is 23.8 Å². The quantitative estimate of drug-likeness (QED) is 0.0287. The van der Waals surface area contributed by atoms with Crippen LogP contribution in [0.1, 0.15) is 158 Å². The first kappa shape index (κ1) is 61.1. The summed E-state index contributed by atoms with van der Waals surface area (Å²) in [6.45, 7) is 49.4. The molecule has 2 unspecified atom stereocenters. The van der Waals surface area contributed by atoms with Crippen molar-refractivity contribution in [3.8, 4) is 0 Å². The van der Waals surface area contributed by atoms with Crippen molar-refractivity contribution in [2.75, 3.05) is 51.4 Å². The fourth-order valence-corrected chi connectivity index (χ4v) is 13.3. The number of thioether (sulfide) groups is 2. The molecule has 0 aliphatic carbocycles. The Hall–Kier alpha value is 0.0800. The third kappa shape index (κ3) is 23.4. The van der Waals surface area contributed by atoms with Crippen LogP contribution in [0.4, 0.5) is 0 Å². The summed E-state index contributed by atoms with van der Waals surface area (Å²) in [6, 6.07) is 3.14. The Morgan fingerprint density at radius 1 is 0.525 bits per heavy atom. The topological polar surface area (TPSA) is 99.3 Å². The number of allylic oxidation sites excluding steroid dienone is 1. The molecule has 0 heterocycles. The van der Waals surface area contributed by atoms with Crippen molar-refractivity contribution in [1.29, 1.82) is 0 Å². The zero-order valence-corrected chi connectivity index (χ0v) is 46.2. The van der Waals surface area contributed by atoms with Crippen molar-refractivity contribution in [1.82, 2.24) is 28.9 Å². The Morgan fingerprint density at radius 3 is 1.38 bits per heavy atom. The van der Waals surface area contributed by atoms with E-state index in [-0.39, 0.29) is 34.4 Å². The summed E-state index contributed by atoms with van der Waals surface area (Å²) in [5.41, 5.74) is 1.57. The molecule has 0 fully saturated rings. The summed E-state index contributed by atoms with van der Waals surface area (Å²) in [7, 11) is -2.08. The van der Waals surface area contributed by atoms with Crippen LogP contribution in [0, 0.1) is 0 Å². The standard InChI is InChI=1S/C45H94N6O6P2S2/c1-32(2)47(33(3)4)24-23-44(52)60-30-55-27-28-57-59(50(38(13)14)39(15)16)51(40(17)18)41(19)29-46-43(21)42(20)45(53)61-31-54-25-22-26-56-58(48(34(5)6)35(7)8)49(36(9)10)37(11)12/h32-41,46H,22-31H2,1-21H3/b43-42+. The lowest BCUT2D eigenvalue weighted by Gasteiger charge is -2.46. The Morgan fingerprint density at radius 2 is 0.934 bits per heavy atom. The normalized spacial score (nSPS) is 14.6. The second-order valence-corrected chi connectivity index (χ2v) is 23.6. The highest BCUT2D eigenvalue weighted by molar-refractivity contribution is 8.14. The molecule has 362 valence electrons. The number of carbonyl (C=O) groups is 2. The molecule has 61 heavy (non-hydrogen) atoms. The smallest absolute Gasteiger partial charge is 0.218 e. The van der Waals surface area contributed by atoms with E-state index in [9.17, 15) is 9.59 Å². The maximum atomic E-state index is 13.2. The maximum absolute atomic E-state index is 13.2. The third-order valence-electron chi connectivity index (χ3n) is 10.0. The number of nitrogens with zero attached hydrogens (tertiary/aromatic N) is 5. The van der Waals surface area contributed by atoms with Gasteiger partial charge in [-0.05, 0) is 152 Å². The second kappa shape index (κ2) is 32.7. The van der Waals surface area contributed by atoms with E-state index in [0.717, 1.165) is 18.7 Å². The van der Waals surface area contributed by atoms with Crippen LogP contribution < -0.4 is 5.32 Å². The minimum atomic E-state index is -1.15. The van der Waals surface area contributed by atoms with Crippen LogP contribution in [0.3, 0.4) is 0 Å². The van der Waals surface area contributed by atoms with Crippen LogP contribution in [0.15, 0.2) is 11.3 Å². The van der Waals surface area contributed by atoms with Crippen LogP contribution >= 0.6 is 40.4 Å². The molecule has 0 rings (SSSR count). The molecule has 0 radical (unpaired) electrons. The van der Waals surface area contributed by atoms with E-state index in [1.807, 2.05) is 13.8 Å². The van der Waals surface area contributed by atoms with Gasteiger partial charge in [0.2, 0.25) is 5.12 Å². The van der Waals surface area contributed by atoms with Gasteiger partial charge in [0, 0.05) is 97.8 Å². The molecule has 2 atom stereocenters. The molecular weight excluding hydrogens is 847 g/mol. The first-order valence-electron chi connectivity index (χ1n) is 23.0. The monoisotopic (exact) mass is 941 g/mol. The minimum absolute atomic E-state index is 0.0106. The zero-order valence-electron chi connectivity index (χ0n) is 42.7.